The number of amides is 2. The van der Waals surface area contributed by atoms with E-state index in [4.69, 9.17) is 0 Å². The molecule has 2 aliphatic heterocycles. The summed E-state index contributed by atoms with van der Waals surface area (Å²) >= 11 is 0. The normalized spacial score (nSPS) is 23.8. The largest absolute Gasteiger partial charge is 0.342 e. The van der Waals surface area contributed by atoms with Crippen LogP contribution in [0.1, 0.15) is 36.5 Å². The molecule has 0 saturated carbocycles. The Hall–Kier alpha value is -2.44. The van der Waals surface area contributed by atoms with Crippen LogP contribution < -0.4 is 0 Å². The summed E-state index contributed by atoms with van der Waals surface area (Å²) in [6, 6.07) is 3.51. The van der Waals surface area contributed by atoms with Gasteiger partial charge in [-0.25, -0.2) is 9.50 Å². The fourth-order valence-corrected chi connectivity index (χ4v) is 3.93. The molecule has 0 radical (unpaired) electrons. The Morgan fingerprint density at radius 1 is 1.33 bits per heavy atom. The Bertz CT molecular complexity index is 801. The van der Waals surface area contributed by atoms with Gasteiger partial charge in [0.05, 0.1) is 5.41 Å². The monoisotopic (exact) mass is 327 g/mol. The molecular weight excluding hydrogens is 306 g/mol. The minimum absolute atomic E-state index is 0.0286. The first-order valence-electron chi connectivity index (χ1n) is 8.51. The van der Waals surface area contributed by atoms with E-state index in [1.54, 1.807) is 22.8 Å². The molecule has 2 amide bonds. The van der Waals surface area contributed by atoms with Crippen LogP contribution in [-0.2, 0) is 4.79 Å². The average Bonchev–Trinajstić information content (AvgIpc) is 3.30. The van der Waals surface area contributed by atoms with E-state index in [0.717, 1.165) is 32.4 Å². The van der Waals surface area contributed by atoms with E-state index >= 15 is 0 Å². The zero-order valence-electron chi connectivity index (χ0n) is 13.8. The van der Waals surface area contributed by atoms with Gasteiger partial charge in [-0.1, -0.05) is 6.92 Å². The molecule has 24 heavy (non-hydrogen) atoms. The van der Waals surface area contributed by atoms with Crippen LogP contribution in [0.5, 0.6) is 0 Å². The number of aromatic nitrogens is 3. The summed E-state index contributed by atoms with van der Waals surface area (Å²) in [5, 5.41) is 4.04. The number of carbonyl (C=O) groups excluding carboxylic acids is 2. The Balaban J connectivity index is 1.52. The molecule has 2 fully saturated rings. The van der Waals surface area contributed by atoms with E-state index in [1.807, 2.05) is 9.80 Å². The van der Waals surface area contributed by atoms with E-state index in [2.05, 4.69) is 17.0 Å². The van der Waals surface area contributed by atoms with Gasteiger partial charge in [0, 0.05) is 37.9 Å². The first-order valence-corrected chi connectivity index (χ1v) is 8.51. The molecule has 1 spiro atoms. The van der Waals surface area contributed by atoms with Crippen LogP contribution in [0.3, 0.4) is 0 Å². The highest BCUT2D eigenvalue weighted by molar-refractivity contribution is 5.96. The lowest BCUT2D eigenvalue weighted by atomic mass is 9.85. The minimum Gasteiger partial charge on any atom is -0.342 e. The van der Waals surface area contributed by atoms with Crippen molar-refractivity contribution in [2.75, 3.05) is 26.2 Å². The molecular formula is C17H21N5O2. The maximum atomic E-state index is 12.8. The third-order valence-electron chi connectivity index (χ3n) is 5.26. The second-order valence-corrected chi connectivity index (χ2v) is 6.78. The molecule has 2 aromatic rings. The lowest BCUT2D eigenvalue weighted by Crippen LogP contribution is -2.38. The lowest BCUT2D eigenvalue weighted by molar-refractivity contribution is -0.135. The lowest BCUT2D eigenvalue weighted by Gasteiger charge is -2.23. The maximum Gasteiger partial charge on any atom is 0.254 e. The molecule has 1 unspecified atom stereocenters. The van der Waals surface area contributed by atoms with Crippen LogP contribution in [-0.4, -0.2) is 62.4 Å². The van der Waals surface area contributed by atoms with Gasteiger partial charge in [-0.3, -0.25) is 9.59 Å². The third kappa shape index (κ3) is 2.26. The number of hydrogen-bond donors (Lipinski definition) is 0. The molecule has 0 bridgehead atoms. The molecule has 7 heteroatoms. The van der Waals surface area contributed by atoms with Gasteiger partial charge in [0.2, 0.25) is 5.91 Å². The van der Waals surface area contributed by atoms with Crippen molar-refractivity contribution in [3.63, 3.8) is 0 Å². The molecule has 7 nitrogen and oxygen atoms in total. The molecule has 2 aliphatic rings. The average molecular weight is 327 g/mol. The van der Waals surface area contributed by atoms with E-state index < -0.39 is 0 Å². The topological polar surface area (TPSA) is 70.8 Å². The smallest absolute Gasteiger partial charge is 0.254 e. The Kier molecular flexibility index (Phi) is 3.51. The molecule has 0 N–H and O–H groups in total. The Labute approximate surface area is 140 Å². The number of carbonyl (C=O) groups is 2. The highest BCUT2D eigenvalue weighted by Crippen LogP contribution is 2.41. The molecule has 1 atom stereocenters. The number of pyridine rings is 1. The van der Waals surface area contributed by atoms with E-state index in [9.17, 15) is 9.59 Å². The van der Waals surface area contributed by atoms with Gasteiger partial charge in [-0.15, -0.1) is 0 Å². The summed E-state index contributed by atoms with van der Waals surface area (Å²) in [5.41, 5.74) is 0.897. The van der Waals surface area contributed by atoms with Gasteiger partial charge in [0.25, 0.3) is 5.91 Å². The Morgan fingerprint density at radius 2 is 2.17 bits per heavy atom. The number of nitrogens with zero attached hydrogens (tertiary/aromatic N) is 5. The highest BCUT2D eigenvalue weighted by atomic mass is 16.2. The van der Waals surface area contributed by atoms with E-state index in [-0.39, 0.29) is 17.2 Å². The SMILES string of the molecule is CCCN1CCC2(CCN(C(=O)c3ccn4ncnc4c3)C2)C1=O. The van der Waals surface area contributed by atoms with Crippen molar-refractivity contribution in [3.05, 3.63) is 30.2 Å². The summed E-state index contributed by atoms with van der Waals surface area (Å²) in [6.45, 7) is 4.90. The molecule has 4 heterocycles. The zero-order chi connectivity index (χ0) is 16.7. The van der Waals surface area contributed by atoms with Crippen molar-refractivity contribution < 1.29 is 9.59 Å². The van der Waals surface area contributed by atoms with Crippen molar-refractivity contribution in [2.24, 2.45) is 5.41 Å². The molecule has 0 aliphatic carbocycles. The number of likely N-dealkylation sites (tertiary alicyclic amines) is 2. The Morgan fingerprint density at radius 3 is 3.00 bits per heavy atom. The number of rotatable bonds is 3. The summed E-state index contributed by atoms with van der Waals surface area (Å²) in [5.74, 6) is 0.201. The fraction of sp³-hybridized carbons (Fsp3) is 0.529. The molecule has 126 valence electrons. The number of fused-ring (bicyclic) bond motifs is 1. The van der Waals surface area contributed by atoms with Crippen molar-refractivity contribution >= 4 is 17.5 Å². The predicted octanol–water partition coefficient (Wildman–Crippen LogP) is 1.20. The molecule has 0 aromatic carbocycles. The molecule has 2 saturated heterocycles. The fourth-order valence-electron chi connectivity index (χ4n) is 3.93. The second kappa shape index (κ2) is 5.58. The van der Waals surface area contributed by atoms with Crippen LogP contribution in [0.4, 0.5) is 0 Å². The summed E-state index contributed by atoms with van der Waals surface area (Å²) in [4.78, 5) is 33.4. The van der Waals surface area contributed by atoms with Crippen LogP contribution >= 0.6 is 0 Å². The molecule has 4 rings (SSSR count). The van der Waals surface area contributed by atoms with Gasteiger partial charge in [0.1, 0.15) is 6.33 Å². The quantitative estimate of drug-likeness (QED) is 0.849. The van der Waals surface area contributed by atoms with Crippen molar-refractivity contribution in [2.45, 2.75) is 26.2 Å². The van der Waals surface area contributed by atoms with Gasteiger partial charge in [-0.05, 0) is 31.4 Å². The van der Waals surface area contributed by atoms with Crippen molar-refractivity contribution in [3.8, 4) is 0 Å². The van der Waals surface area contributed by atoms with E-state index in [1.165, 1.54) is 6.33 Å². The zero-order valence-corrected chi connectivity index (χ0v) is 13.8. The third-order valence-corrected chi connectivity index (χ3v) is 5.26. The number of hydrogen-bond acceptors (Lipinski definition) is 4. The summed E-state index contributed by atoms with van der Waals surface area (Å²) < 4.78 is 1.63. The summed E-state index contributed by atoms with van der Waals surface area (Å²) in [7, 11) is 0. The van der Waals surface area contributed by atoms with Crippen LogP contribution in [0.25, 0.3) is 5.65 Å². The first kappa shape index (κ1) is 15.1. The van der Waals surface area contributed by atoms with E-state index in [0.29, 0.717) is 24.3 Å². The standard InChI is InChI=1S/C17H21N5O2/c1-2-6-20-8-4-17(16(20)24)5-9-21(11-17)15(23)13-3-7-22-14(10-13)18-12-19-22/h3,7,10,12H,2,4-6,8-9,11H2,1H3. The van der Waals surface area contributed by atoms with Crippen LogP contribution in [0.15, 0.2) is 24.7 Å². The van der Waals surface area contributed by atoms with Crippen LogP contribution in [0.2, 0.25) is 0 Å². The van der Waals surface area contributed by atoms with Crippen molar-refractivity contribution in [1.29, 1.82) is 0 Å². The molecule has 2 aromatic heterocycles. The summed E-state index contributed by atoms with van der Waals surface area (Å²) in [6.07, 6.45) is 5.81. The van der Waals surface area contributed by atoms with Crippen LogP contribution in [0, 0.1) is 5.41 Å². The predicted molar refractivity (Wildman–Crippen MR) is 87.4 cm³/mol. The van der Waals surface area contributed by atoms with Gasteiger partial charge in [-0.2, -0.15) is 5.10 Å². The minimum atomic E-state index is -0.357. The highest BCUT2D eigenvalue weighted by Gasteiger charge is 2.51. The first-order chi connectivity index (χ1) is 11.6. The van der Waals surface area contributed by atoms with Gasteiger partial charge in [0.15, 0.2) is 5.65 Å². The second-order valence-electron chi connectivity index (χ2n) is 6.78. The van der Waals surface area contributed by atoms with Crippen molar-refractivity contribution in [1.82, 2.24) is 24.4 Å². The maximum absolute atomic E-state index is 12.8. The van der Waals surface area contributed by atoms with Gasteiger partial charge < -0.3 is 9.80 Å². The van der Waals surface area contributed by atoms with Gasteiger partial charge >= 0.3 is 0 Å².